The van der Waals surface area contributed by atoms with Gasteiger partial charge in [-0.25, -0.2) is 0 Å². The molecule has 0 amide bonds. The lowest BCUT2D eigenvalue weighted by Gasteiger charge is -2.39. The van der Waals surface area contributed by atoms with Gasteiger partial charge in [-0.3, -0.25) is 4.90 Å². The van der Waals surface area contributed by atoms with Gasteiger partial charge in [0.15, 0.2) is 0 Å². The van der Waals surface area contributed by atoms with E-state index in [0.29, 0.717) is 0 Å². The van der Waals surface area contributed by atoms with Crippen LogP contribution in [0.5, 0.6) is 0 Å². The number of likely N-dealkylation sites (tertiary alicyclic amines) is 2. The molecule has 2 saturated heterocycles. The Morgan fingerprint density at radius 3 is 2.20 bits per heavy atom. The zero-order valence-corrected chi connectivity index (χ0v) is 12.6. The van der Waals surface area contributed by atoms with Crippen LogP contribution >= 0.6 is 0 Å². The second-order valence-electron chi connectivity index (χ2n) is 6.69. The number of hydrogen-bond donors (Lipinski definition) is 1. The van der Waals surface area contributed by atoms with Crippen molar-refractivity contribution in [2.75, 3.05) is 26.2 Å². The van der Waals surface area contributed by atoms with E-state index >= 15 is 0 Å². The van der Waals surface area contributed by atoms with Crippen LogP contribution in [-0.4, -0.2) is 31.1 Å². The van der Waals surface area contributed by atoms with Gasteiger partial charge in [0, 0.05) is 6.54 Å². The molecule has 0 bridgehead atoms. The molecule has 3 rings (SSSR count). The zero-order valence-electron chi connectivity index (χ0n) is 12.6. The topological polar surface area (TPSA) is 7.68 Å². The Kier molecular flexibility index (Phi) is 4.74. The number of hydrogen-bond acceptors (Lipinski definition) is 1. The molecule has 1 N–H and O–H groups in total. The van der Waals surface area contributed by atoms with E-state index in [1.165, 1.54) is 62.3 Å². The molecule has 110 valence electrons. The highest BCUT2D eigenvalue weighted by Gasteiger charge is 2.29. The highest BCUT2D eigenvalue weighted by atomic mass is 15.1. The summed E-state index contributed by atoms with van der Waals surface area (Å²) >= 11 is 0. The van der Waals surface area contributed by atoms with Crippen molar-refractivity contribution in [3.63, 3.8) is 0 Å². The Bertz CT molecular complexity index is 387. The molecule has 1 aromatic rings. The van der Waals surface area contributed by atoms with Gasteiger partial charge in [0.2, 0.25) is 0 Å². The fourth-order valence-corrected chi connectivity index (χ4v) is 3.94. The normalized spacial score (nSPS) is 29.4. The number of benzene rings is 1. The SMILES string of the molecule is [CH2-][NH+]1CCC(C2CCN(Cc3ccccc3)CC2)CC1. The van der Waals surface area contributed by atoms with Crippen LogP contribution < -0.4 is 4.90 Å². The Labute approximate surface area is 123 Å². The van der Waals surface area contributed by atoms with Crippen LogP contribution in [-0.2, 0) is 6.54 Å². The molecule has 2 fully saturated rings. The molecular weight excluding hydrogens is 244 g/mol. The summed E-state index contributed by atoms with van der Waals surface area (Å²) in [6.07, 6.45) is 5.62. The van der Waals surface area contributed by atoms with Crippen molar-refractivity contribution in [2.45, 2.75) is 32.2 Å². The molecule has 0 aromatic heterocycles. The first-order valence-electron chi connectivity index (χ1n) is 8.24. The molecule has 0 aliphatic carbocycles. The summed E-state index contributed by atoms with van der Waals surface area (Å²) in [4.78, 5) is 4.12. The predicted molar refractivity (Wildman–Crippen MR) is 83.2 cm³/mol. The molecule has 2 nitrogen and oxygen atoms in total. The number of nitrogens with one attached hydrogen (secondary N) is 1. The predicted octanol–water partition coefficient (Wildman–Crippen LogP) is 1.99. The van der Waals surface area contributed by atoms with Crippen molar-refractivity contribution >= 4 is 0 Å². The van der Waals surface area contributed by atoms with Crippen molar-refractivity contribution in [1.82, 2.24) is 4.90 Å². The van der Waals surface area contributed by atoms with Crippen LogP contribution in [0.15, 0.2) is 30.3 Å². The van der Waals surface area contributed by atoms with Crippen LogP contribution in [0.1, 0.15) is 31.2 Å². The van der Waals surface area contributed by atoms with Crippen LogP contribution in [0.2, 0.25) is 0 Å². The van der Waals surface area contributed by atoms with Crippen molar-refractivity contribution in [2.24, 2.45) is 11.8 Å². The Morgan fingerprint density at radius 2 is 1.55 bits per heavy atom. The minimum atomic E-state index is 0.982. The maximum absolute atomic E-state index is 4.14. The molecule has 0 spiro atoms. The molecule has 2 aliphatic rings. The smallest absolute Gasteiger partial charge is 0.0533 e. The van der Waals surface area contributed by atoms with Gasteiger partial charge in [0.1, 0.15) is 0 Å². The Balaban J connectivity index is 1.45. The molecule has 0 unspecified atom stereocenters. The molecule has 0 atom stereocenters. The van der Waals surface area contributed by atoms with Gasteiger partial charge in [-0.05, 0) is 56.2 Å². The second kappa shape index (κ2) is 6.73. The lowest BCUT2D eigenvalue weighted by atomic mass is 9.79. The third-order valence-electron chi connectivity index (χ3n) is 5.29. The number of nitrogens with zero attached hydrogens (tertiary/aromatic N) is 1. The largest absolute Gasteiger partial charge is 0.468 e. The minimum absolute atomic E-state index is 0.982. The van der Waals surface area contributed by atoms with E-state index in [-0.39, 0.29) is 0 Å². The maximum atomic E-state index is 4.14. The number of piperidine rings is 2. The van der Waals surface area contributed by atoms with Crippen LogP contribution in [0.4, 0.5) is 0 Å². The first-order valence-corrected chi connectivity index (χ1v) is 8.24. The van der Waals surface area contributed by atoms with Crippen molar-refractivity contribution in [1.29, 1.82) is 0 Å². The van der Waals surface area contributed by atoms with Crippen molar-refractivity contribution < 1.29 is 4.90 Å². The van der Waals surface area contributed by atoms with E-state index in [4.69, 9.17) is 0 Å². The van der Waals surface area contributed by atoms with Gasteiger partial charge < -0.3 is 4.90 Å². The first kappa shape index (κ1) is 14.1. The molecule has 2 heteroatoms. The fraction of sp³-hybridized carbons (Fsp3) is 0.611. The lowest BCUT2D eigenvalue weighted by molar-refractivity contribution is -0.860. The minimum Gasteiger partial charge on any atom is -0.468 e. The van der Waals surface area contributed by atoms with Crippen molar-refractivity contribution in [3.8, 4) is 0 Å². The highest BCUT2D eigenvalue weighted by molar-refractivity contribution is 5.14. The zero-order chi connectivity index (χ0) is 13.8. The first-order chi connectivity index (χ1) is 9.81. The van der Waals surface area contributed by atoms with Gasteiger partial charge in [-0.2, -0.15) is 7.05 Å². The molecule has 1 aromatic carbocycles. The number of rotatable bonds is 3. The molecule has 0 saturated carbocycles. The van der Waals surface area contributed by atoms with Crippen molar-refractivity contribution in [3.05, 3.63) is 42.9 Å². The summed E-state index contributed by atoms with van der Waals surface area (Å²) in [6.45, 7) is 6.28. The summed E-state index contributed by atoms with van der Waals surface area (Å²) < 4.78 is 0. The molecule has 2 aliphatic heterocycles. The second-order valence-corrected chi connectivity index (χ2v) is 6.69. The Morgan fingerprint density at radius 1 is 0.950 bits per heavy atom. The van der Waals surface area contributed by atoms with Gasteiger partial charge in [-0.1, -0.05) is 30.3 Å². The number of quaternary nitrogens is 1. The lowest BCUT2D eigenvalue weighted by Crippen LogP contribution is -3.08. The van der Waals surface area contributed by atoms with E-state index in [0.717, 1.165) is 18.4 Å². The van der Waals surface area contributed by atoms with Gasteiger partial charge in [0.25, 0.3) is 0 Å². The van der Waals surface area contributed by atoms with Crippen LogP contribution in [0, 0.1) is 18.9 Å². The average molecular weight is 272 g/mol. The summed E-state index contributed by atoms with van der Waals surface area (Å²) in [7, 11) is 4.14. The van der Waals surface area contributed by atoms with Crippen LogP contribution in [0.3, 0.4) is 0 Å². The monoisotopic (exact) mass is 272 g/mol. The summed E-state index contributed by atoms with van der Waals surface area (Å²) in [6, 6.07) is 10.9. The third-order valence-corrected chi connectivity index (χ3v) is 5.29. The Hall–Kier alpha value is -0.860. The van der Waals surface area contributed by atoms with E-state index < -0.39 is 0 Å². The van der Waals surface area contributed by atoms with E-state index in [1.807, 2.05) is 0 Å². The summed E-state index contributed by atoms with van der Waals surface area (Å²) in [5.74, 6) is 1.97. The molecular formula is C18H28N2. The van der Waals surface area contributed by atoms with E-state index in [1.54, 1.807) is 0 Å². The van der Waals surface area contributed by atoms with E-state index in [2.05, 4.69) is 42.3 Å². The highest BCUT2D eigenvalue weighted by Crippen LogP contribution is 2.30. The maximum Gasteiger partial charge on any atom is 0.0533 e. The van der Waals surface area contributed by atoms with Gasteiger partial charge in [0.05, 0.1) is 13.1 Å². The summed E-state index contributed by atoms with van der Waals surface area (Å²) in [5, 5.41) is 0. The van der Waals surface area contributed by atoms with Gasteiger partial charge in [-0.15, -0.1) is 0 Å². The third kappa shape index (κ3) is 3.62. The summed E-state index contributed by atoms with van der Waals surface area (Å²) in [5.41, 5.74) is 1.46. The quantitative estimate of drug-likeness (QED) is 0.827. The van der Waals surface area contributed by atoms with E-state index in [9.17, 15) is 0 Å². The average Bonchev–Trinajstić information content (AvgIpc) is 2.50. The molecule has 0 radical (unpaired) electrons. The molecule has 20 heavy (non-hydrogen) atoms. The van der Waals surface area contributed by atoms with Gasteiger partial charge >= 0.3 is 0 Å². The fourth-order valence-electron chi connectivity index (χ4n) is 3.94. The standard InChI is InChI=1S/C18H28N2/c1-19-11-7-17(8-12-19)18-9-13-20(14-10-18)15-16-5-3-2-4-6-16/h2-6,17-19H,1,7-15H2. The molecule has 2 heterocycles. The van der Waals surface area contributed by atoms with Crippen LogP contribution in [0.25, 0.3) is 0 Å².